The largest absolute Gasteiger partial charge is 0.497 e. The number of carbonyl (C=O) groups excluding carboxylic acids is 1. The molecule has 0 unspecified atom stereocenters. The number of rotatable bonds is 7. The second kappa shape index (κ2) is 9.22. The number of sulfonamides is 1. The fourth-order valence-electron chi connectivity index (χ4n) is 3.06. The van der Waals surface area contributed by atoms with Crippen LogP contribution in [0.5, 0.6) is 5.75 Å². The van der Waals surface area contributed by atoms with Gasteiger partial charge in [0.1, 0.15) is 5.75 Å². The van der Waals surface area contributed by atoms with E-state index < -0.39 is 10.0 Å². The van der Waals surface area contributed by atoms with Crippen LogP contribution < -0.4 is 14.8 Å². The monoisotopic (exact) mass is 438 g/mol. The predicted octanol–water partition coefficient (Wildman–Crippen LogP) is 4.60. The van der Waals surface area contributed by atoms with Crippen LogP contribution >= 0.6 is 0 Å². The van der Waals surface area contributed by atoms with E-state index in [1.54, 1.807) is 36.4 Å². The number of benzene rings is 3. The molecule has 3 rings (SSSR count). The van der Waals surface area contributed by atoms with E-state index >= 15 is 0 Å². The molecular formula is C24H26N2O4S. The Hall–Kier alpha value is -3.32. The second-order valence-corrected chi connectivity index (χ2v) is 9.08. The van der Waals surface area contributed by atoms with Gasteiger partial charge >= 0.3 is 0 Å². The maximum absolute atomic E-state index is 12.6. The number of amides is 1. The highest BCUT2D eigenvalue weighted by Gasteiger charge is 2.16. The Morgan fingerprint density at radius 2 is 1.55 bits per heavy atom. The summed E-state index contributed by atoms with van der Waals surface area (Å²) in [6, 6.07) is 18.4. The summed E-state index contributed by atoms with van der Waals surface area (Å²) >= 11 is 0. The van der Waals surface area contributed by atoms with E-state index in [4.69, 9.17) is 4.74 Å². The standard InChI is InChI=1S/C24H26N2O4S/c1-16-5-6-20(15-17(16)2)18(3)25-24(27)19-7-9-21(10-8-19)26-31(28,29)23-13-11-22(30-4)12-14-23/h5-15,18,26H,1-4H3,(H,25,27)/t18-/m0/s1. The van der Waals surface area contributed by atoms with Crippen molar-refractivity contribution in [1.29, 1.82) is 0 Å². The molecule has 31 heavy (non-hydrogen) atoms. The molecule has 6 nitrogen and oxygen atoms in total. The highest BCUT2D eigenvalue weighted by molar-refractivity contribution is 7.92. The highest BCUT2D eigenvalue weighted by atomic mass is 32.2. The van der Waals surface area contributed by atoms with Crippen molar-refractivity contribution >= 4 is 21.6 Å². The molecular weight excluding hydrogens is 412 g/mol. The van der Waals surface area contributed by atoms with Crippen LogP contribution in [0.25, 0.3) is 0 Å². The summed E-state index contributed by atoms with van der Waals surface area (Å²) < 4.78 is 32.7. The van der Waals surface area contributed by atoms with Gasteiger partial charge in [0, 0.05) is 11.3 Å². The van der Waals surface area contributed by atoms with E-state index in [0.717, 1.165) is 5.56 Å². The minimum atomic E-state index is -3.74. The molecule has 3 aromatic carbocycles. The SMILES string of the molecule is COc1ccc(S(=O)(=O)Nc2ccc(C(=O)N[C@@H](C)c3ccc(C)c(C)c3)cc2)cc1. The van der Waals surface area contributed by atoms with Crippen LogP contribution in [-0.4, -0.2) is 21.4 Å². The van der Waals surface area contributed by atoms with E-state index in [-0.39, 0.29) is 16.8 Å². The molecule has 0 spiro atoms. The van der Waals surface area contributed by atoms with E-state index in [9.17, 15) is 13.2 Å². The molecule has 162 valence electrons. The van der Waals surface area contributed by atoms with E-state index in [0.29, 0.717) is 17.0 Å². The number of carbonyl (C=O) groups is 1. The van der Waals surface area contributed by atoms with Gasteiger partial charge in [0.2, 0.25) is 0 Å². The molecule has 0 bridgehead atoms. The summed E-state index contributed by atoms with van der Waals surface area (Å²) in [4.78, 5) is 12.7. The van der Waals surface area contributed by atoms with Crippen LogP contribution in [0.1, 0.15) is 40.0 Å². The third-order valence-corrected chi connectivity index (χ3v) is 6.54. The Kier molecular flexibility index (Phi) is 6.65. The Morgan fingerprint density at radius 1 is 0.903 bits per heavy atom. The first kappa shape index (κ1) is 22.4. The Bertz CT molecular complexity index is 1170. The zero-order valence-corrected chi connectivity index (χ0v) is 18.8. The molecule has 0 saturated carbocycles. The van der Waals surface area contributed by atoms with Crippen molar-refractivity contribution in [2.45, 2.75) is 31.7 Å². The summed E-state index contributed by atoms with van der Waals surface area (Å²) in [5, 5.41) is 2.97. The number of anilines is 1. The molecule has 0 aliphatic heterocycles. The molecule has 0 heterocycles. The van der Waals surface area contributed by atoms with Gasteiger partial charge in [-0.1, -0.05) is 18.2 Å². The zero-order chi connectivity index (χ0) is 22.6. The Morgan fingerprint density at radius 3 is 2.13 bits per heavy atom. The molecule has 7 heteroatoms. The molecule has 0 radical (unpaired) electrons. The average molecular weight is 439 g/mol. The first-order chi connectivity index (χ1) is 14.7. The Labute approximate surface area is 183 Å². The maximum atomic E-state index is 12.6. The smallest absolute Gasteiger partial charge is 0.261 e. The average Bonchev–Trinajstić information content (AvgIpc) is 2.75. The lowest BCUT2D eigenvalue weighted by Crippen LogP contribution is -2.26. The third kappa shape index (κ3) is 5.44. The number of nitrogens with one attached hydrogen (secondary N) is 2. The van der Waals surface area contributed by atoms with Gasteiger partial charge in [0.25, 0.3) is 15.9 Å². The number of ether oxygens (including phenoxy) is 1. The lowest BCUT2D eigenvalue weighted by Gasteiger charge is -2.16. The van der Waals surface area contributed by atoms with Crippen LogP contribution in [0, 0.1) is 13.8 Å². The van der Waals surface area contributed by atoms with Gasteiger partial charge in [-0.2, -0.15) is 0 Å². The number of hydrogen-bond donors (Lipinski definition) is 2. The third-order valence-electron chi connectivity index (χ3n) is 5.15. The van der Waals surface area contributed by atoms with Crippen LogP contribution in [0.3, 0.4) is 0 Å². The molecule has 3 aromatic rings. The topological polar surface area (TPSA) is 84.5 Å². The number of hydrogen-bond acceptors (Lipinski definition) is 4. The summed E-state index contributed by atoms with van der Waals surface area (Å²) in [6.45, 7) is 6.02. The molecule has 0 saturated heterocycles. The van der Waals surface area contributed by atoms with Gasteiger partial charge in [-0.3, -0.25) is 9.52 Å². The summed E-state index contributed by atoms with van der Waals surface area (Å²) in [7, 11) is -2.22. The first-order valence-corrected chi connectivity index (χ1v) is 11.3. The summed E-state index contributed by atoms with van der Waals surface area (Å²) in [5.41, 5.74) is 4.22. The van der Waals surface area contributed by atoms with Gasteiger partial charge < -0.3 is 10.1 Å². The fraction of sp³-hybridized carbons (Fsp3) is 0.208. The predicted molar refractivity (Wildman–Crippen MR) is 122 cm³/mol. The van der Waals surface area contributed by atoms with Crippen molar-refractivity contribution in [2.75, 3.05) is 11.8 Å². The maximum Gasteiger partial charge on any atom is 0.261 e. The fourth-order valence-corrected chi connectivity index (χ4v) is 4.11. The van der Waals surface area contributed by atoms with Crippen molar-refractivity contribution < 1.29 is 17.9 Å². The molecule has 0 aromatic heterocycles. The second-order valence-electron chi connectivity index (χ2n) is 7.40. The van der Waals surface area contributed by atoms with Crippen molar-refractivity contribution in [2.24, 2.45) is 0 Å². The molecule has 1 amide bonds. The number of methoxy groups -OCH3 is 1. The van der Waals surface area contributed by atoms with Gasteiger partial charge in [0.15, 0.2) is 0 Å². The van der Waals surface area contributed by atoms with Gasteiger partial charge in [-0.25, -0.2) is 8.42 Å². The molecule has 0 fully saturated rings. The van der Waals surface area contributed by atoms with Crippen LogP contribution in [0.2, 0.25) is 0 Å². The molecule has 2 N–H and O–H groups in total. The van der Waals surface area contributed by atoms with E-state index in [2.05, 4.69) is 16.1 Å². The highest BCUT2D eigenvalue weighted by Crippen LogP contribution is 2.21. The number of aryl methyl sites for hydroxylation is 2. The molecule has 1 atom stereocenters. The molecule has 0 aliphatic carbocycles. The molecule has 0 aliphatic rings. The van der Waals surface area contributed by atoms with Crippen LogP contribution in [-0.2, 0) is 10.0 Å². The quantitative estimate of drug-likeness (QED) is 0.564. The van der Waals surface area contributed by atoms with Crippen molar-refractivity contribution in [3.05, 3.63) is 89.0 Å². The summed E-state index contributed by atoms with van der Waals surface area (Å²) in [5.74, 6) is 0.347. The van der Waals surface area contributed by atoms with Crippen LogP contribution in [0.4, 0.5) is 5.69 Å². The van der Waals surface area contributed by atoms with Crippen molar-refractivity contribution in [3.63, 3.8) is 0 Å². The lowest BCUT2D eigenvalue weighted by molar-refractivity contribution is 0.0940. The minimum absolute atomic E-state index is 0.123. The Balaban J connectivity index is 1.67. The normalized spacial score (nSPS) is 12.1. The zero-order valence-electron chi connectivity index (χ0n) is 18.0. The van der Waals surface area contributed by atoms with Gasteiger partial charge in [0.05, 0.1) is 18.0 Å². The van der Waals surface area contributed by atoms with Crippen molar-refractivity contribution in [1.82, 2.24) is 5.32 Å². The van der Waals surface area contributed by atoms with Gasteiger partial charge in [-0.05, 0) is 86.0 Å². The van der Waals surface area contributed by atoms with E-state index in [1.165, 1.54) is 30.4 Å². The summed E-state index contributed by atoms with van der Waals surface area (Å²) in [6.07, 6.45) is 0. The van der Waals surface area contributed by atoms with Gasteiger partial charge in [-0.15, -0.1) is 0 Å². The minimum Gasteiger partial charge on any atom is -0.497 e. The van der Waals surface area contributed by atoms with Crippen molar-refractivity contribution in [3.8, 4) is 5.75 Å². The van der Waals surface area contributed by atoms with Crippen LogP contribution in [0.15, 0.2) is 71.6 Å². The first-order valence-electron chi connectivity index (χ1n) is 9.84. The van der Waals surface area contributed by atoms with E-state index in [1.807, 2.05) is 32.9 Å². The lowest BCUT2D eigenvalue weighted by atomic mass is 10.0.